The van der Waals surface area contributed by atoms with Gasteiger partial charge >= 0.3 is 11.6 Å². The third-order valence-corrected chi connectivity index (χ3v) is 6.01. The molecule has 33 heavy (non-hydrogen) atoms. The largest absolute Gasteiger partial charge is 0.506 e. The number of carbonyl (C=O) groups is 2. The number of rotatable bonds is 2. The zero-order valence-corrected chi connectivity index (χ0v) is 18.1. The highest BCUT2D eigenvalue weighted by atomic mass is 35.5. The highest BCUT2D eigenvalue weighted by Crippen LogP contribution is 2.49. The van der Waals surface area contributed by atoms with Crippen LogP contribution in [0.1, 0.15) is 46.3 Å². The maximum atomic E-state index is 13.4. The number of esters is 1. The summed E-state index contributed by atoms with van der Waals surface area (Å²) in [6.45, 7) is 2.78. The van der Waals surface area contributed by atoms with Gasteiger partial charge in [-0.15, -0.1) is 0 Å². The number of fused-ring (bicyclic) bond motifs is 4. The van der Waals surface area contributed by atoms with Crippen LogP contribution >= 0.6 is 11.6 Å². The Morgan fingerprint density at radius 2 is 1.94 bits per heavy atom. The number of ketones is 1. The van der Waals surface area contributed by atoms with Crippen molar-refractivity contribution in [2.24, 2.45) is 0 Å². The second-order valence-corrected chi connectivity index (χ2v) is 8.30. The summed E-state index contributed by atoms with van der Waals surface area (Å²) < 4.78 is 16.4. The van der Waals surface area contributed by atoms with Crippen molar-refractivity contribution < 1.29 is 28.3 Å². The van der Waals surface area contributed by atoms with Crippen molar-refractivity contribution in [3.63, 3.8) is 0 Å². The third kappa shape index (κ3) is 3.14. The van der Waals surface area contributed by atoms with Crippen LogP contribution in [0.25, 0.3) is 21.9 Å². The molecule has 0 bridgehead atoms. The van der Waals surface area contributed by atoms with Crippen LogP contribution in [0.3, 0.4) is 0 Å². The van der Waals surface area contributed by atoms with Gasteiger partial charge < -0.3 is 18.7 Å². The van der Waals surface area contributed by atoms with E-state index >= 15 is 0 Å². The average molecular weight is 467 g/mol. The molecule has 5 rings (SSSR count). The highest BCUT2D eigenvalue weighted by Gasteiger charge is 2.38. The Labute approximate surface area is 190 Å². The monoisotopic (exact) mass is 466 g/mol. The van der Waals surface area contributed by atoms with Crippen LogP contribution in [0.5, 0.6) is 11.5 Å². The lowest BCUT2D eigenvalue weighted by molar-refractivity contribution is -0.135. The molecule has 1 atom stereocenters. The van der Waals surface area contributed by atoms with E-state index < -0.39 is 34.5 Å². The number of Topliss-reactive ketones (excluding diaryl/α,β-unsaturated/α-hetero) is 1. The molecule has 0 unspecified atom stereocenters. The van der Waals surface area contributed by atoms with Crippen LogP contribution in [0.4, 0.5) is 0 Å². The predicted molar refractivity (Wildman–Crippen MR) is 118 cm³/mol. The summed E-state index contributed by atoms with van der Waals surface area (Å²) >= 11 is 6.05. The quantitative estimate of drug-likeness (QED) is 0.201. The summed E-state index contributed by atoms with van der Waals surface area (Å²) in [5, 5.41) is 11.5. The maximum Gasteiger partial charge on any atom is 0.336 e. The molecule has 0 saturated carbocycles. The first-order valence-corrected chi connectivity index (χ1v) is 10.3. The molecule has 3 heterocycles. The van der Waals surface area contributed by atoms with E-state index in [1.54, 1.807) is 19.1 Å². The molecular formula is C24H15ClO8. The number of carbonyl (C=O) groups excluding carboxylic acids is 2. The van der Waals surface area contributed by atoms with E-state index in [9.17, 15) is 24.3 Å². The first kappa shape index (κ1) is 21.0. The number of ether oxygens (including phenoxy) is 1. The molecule has 8 nitrogen and oxygen atoms in total. The Hall–Kier alpha value is -3.91. The summed E-state index contributed by atoms with van der Waals surface area (Å²) in [6, 6.07) is 5.76. The Morgan fingerprint density at radius 3 is 2.67 bits per heavy atom. The molecule has 0 fully saturated rings. The van der Waals surface area contributed by atoms with Crippen molar-refractivity contribution in [2.45, 2.75) is 26.2 Å². The first-order valence-electron chi connectivity index (χ1n) is 9.93. The fourth-order valence-corrected chi connectivity index (χ4v) is 4.53. The Morgan fingerprint density at radius 1 is 1.18 bits per heavy atom. The maximum absolute atomic E-state index is 13.4. The summed E-state index contributed by atoms with van der Waals surface area (Å²) in [5.74, 6) is -2.97. The predicted octanol–water partition coefficient (Wildman–Crippen LogP) is 4.21. The van der Waals surface area contributed by atoms with E-state index in [2.05, 4.69) is 0 Å². The summed E-state index contributed by atoms with van der Waals surface area (Å²) in [4.78, 5) is 50.5. The molecule has 1 N–H and O–H groups in total. The number of hydrogen-bond acceptors (Lipinski definition) is 8. The van der Waals surface area contributed by atoms with Crippen molar-refractivity contribution in [2.75, 3.05) is 0 Å². The smallest absolute Gasteiger partial charge is 0.336 e. The minimum atomic E-state index is -0.966. The zero-order chi connectivity index (χ0) is 23.6. The minimum Gasteiger partial charge on any atom is -0.506 e. The fourth-order valence-electron chi connectivity index (χ4n) is 4.36. The number of phenolic OH excluding ortho intramolecular Hbond substituents is 1. The topological polar surface area (TPSA) is 124 Å². The fraction of sp³-hybridized carbons (Fsp3) is 0.167. The van der Waals surface area contributed by atoms with E-state index in [0.717, 1.165) is 0 Å². The number of hydrogen-bond donors (Lipinski definition) is 1. The normalized spacial score (nSPS) is 15.5. The minimum absolute atomic E-state index is 0.0689. The summed E-state index contributed by atoms with van der Waals surface area (Å²) in [7, 11) is 0. The van der Waals surface area contributed by atoms with Crippen molar-refractivity contribution in [3.05, 3.63) is 78.4 Å². The Bertz CT molecular complexity index is 1640. The van der Waals surface area contributed by atoms with Gasteiger partial charge in [0.05, 0.1) is 23.5 Å². The van der Waals surface area contributed by atoms with Crippen LogP contribution in [0.2, 0.25) is 5.02 Å². The van der Waals surface area contributed by atoms with Gasteiger partial charge in [-0.2, -0.15) is 0 Å². The van der Waals surface area contributed by atoms with Crippen molar-refractivity contribution in [1.29, 1.82) is 0 Å². The third-order valence-electron chi connectivity index (χ3n) is 5.77. The van der Waals surface area contributed by atoms with Crippen molar-refractivity contribution in [1.82, 2.24) is 0 Å². The molecule has 166 valence electrons. The number of aryl methyl sites for hydroxylation is 1. The van der Waals surface area contributed by atoms with Gasteiger partial charge in [-0.25, -0.2) is 4.79 Å². The van der Waals surface area contributed by atoms with Gasteiger partial charge in [0.2, 0.25) is 0 Å². The lowest BCUT2D eigenvalue weighted by Crippen LogP contribution is -2.26. The molecule has 1 aliphatic rings. The molecule has 4 aromatic rings. The second-order valence-electron chi connectivity index (χ2n) is 7.87. The second kappa shape index (κ2) is 7.31. The molecule has 0 saturated heterocycles. The molecule has 2 aromatic heterocycles. The lowest BCUT2D eigenvalue weighted by atomic mass is 9.83. The summed E-state index contributed by atoms with van der Waals surface area (Å²) in [5.41, 5.74) is -0.557. The van der Waals surface area contributed by atoms with Crippen molar-refractivity contribution >= 4 is 45.3 Å². The number of aromatic hydroxyl groups is 1. The van der Waals surface area contributed by atoms with Gasteiger partial charge in [0.25, 0.3) is 0 Å². The molecule has 2 aromatic carbocycles. The molecule has 0 spiro atoms. The van der Waals surface area contributed by atoms with Crippen LogP contribution < -0.4 is 15.8 Å². The van der Waals surface area contributed by atoms with E-state index in [-0.39, 0.29) is 45.2 Å². The van der Waals surface area contributed by atoms with Crippen LogP contribution in [-0.4, -0.2) is 16.9 Å². The molecule has 9 heteroatoms. The standard InChI is InChI=1S/C24H15ClO8/c1-9-5-16(27)32-23-18(9)22(30)19(10(2)26)24-20(23)12(7-17(28)33-24)14-8-31-15-4-3-11(25)6-13(15)21(14)29/h3-6,8,12,30H,7H2,1-2H3/t12-/m1/s1. The van der Waals surface area contributed by atoms with Gasteiger partial charge in [0, 0.05) is 28.1 Å². The van der Waals surface area contributed by atoms with Gasteiger partial charge in [-0.3, -0.25) is 14.4 Å². The van der Waals surface area contributed by atoms with E-state index in [1.807, 2.05) is 0 Å². The SMILES string of the molecule is CC(=O)c1c2c(c3oc(=O)cc(C)c3c1O)[C@@H](c1coc3ccc(Cl)cc3c1=O)CC(=O)O2. The van der Waals surface area contributed by atoms with Crippen LogP contribution in [-0.2, 0) is 4.79 Å². The van der Waals surface area contributed by atoms with Gasteiger partial charge in [0.15, 0.2) is 17.0 Å². The first-order chi connectivity index (χ1) is 15.7. The Kier molecular flexibility index (Phi) is 4.65. The van der Waals surface area contributed by atoms with E-state index in [4.69, 9.17) is 25.2 Å². The van der Waals surface area contributed by atoms with Crippen LogP contribution in [0, 0.1) is 6.92 Å². The molecule has 0 radical (unpaired) electrons. The molecule has 0 aliphatic carbocycles. The number of phenols is 1. The van der Waals surface area contributed by atoms with Crippen molar-refractivity contribution in [3.8, 4) is 11.5 Å². The van der Waals surface area contributed by atoms with Gasteiger partial charge in [-0.05, 0) is 37.6 Å². The summed E-state index contributed by atoms with van der Waals surface area (Å²) in [6.07, 6.45) is 0.949. The van der Waals surface area contributed by atoms with Crippen LogP contribution in [0.15, 0.2) is 49.0 Å². The lowest BCUT2D eigenvalue weighted by Gasteiger charge is -2.27. The van der Waals surface area contributed by atoms with Gasteiger partial charge in [0.1, 0.15) is 22.5 Å². The highest BCUT2D eigenvalue weighted by molar-refractivity contribution is 6.31. The Balaban J connectivity index is 1.94. The molecule has 0 amide bonds. The molecule has 1 aliphatic heterocycles. The average Bonchev–Trinajstić information content (AvgIpc) is 2.73. The van der Waals surface area contributed by atoms with Gasteiger partial charge in [-0.1, -0.05) is 11.6 Å². The zero-order valence-electron chi connectivity index (χ0n) is 17.4. The van der Waals surface area contributed by atoms with E-state index in [1.165, 1.54) is 25.3 Å². The van der Waals surface area contributed by atoms with E-state index in [0.29, 0.717) is 16.2 Å². The number of halogens is 1. The molecular weight excluding hydrogens is 452 g/mol. The number of benzene rings is 2.